The molecule has 0 atom stereocenters. The maximum absolute atomic E-state index is 11.5. The zero-order valence-corrected chi connectivity index (χ0v) is 16.1. The molecule has 24 heavy (non-hydrogen) atoms. The van der Waals surface area contributed by atoms with Crippen molar-refractivity contribution in [3.63, 3.8) is 0 Å². The fourth-order valence-electron chi connectivity index (χ4n) is 3.19. The third-order valence-corrected chi connectivity index (χ3v) is 4.99. The van der Waals surface area contributed by atoms with Gasteiger partial charge in [0.05, 0.1) is 0 Å². The summed E-state index contributed by atoms with van der Waals surface area (Å²) in [6.45, 7) is 2.28. The van der Waals surface area contributed by atoms with Crippen molar-refractivity contribution in [3.8, 4) is 0 Å². The van der Waals surface area contributed by atoms with Crippen LogP contribution in [0.15, 0.2) is 11.8 Å². The van der Waals surface area contributed by atoms with Crippen molar-refractivity contribution >= 4 is 5.97 Å². The summed E-state index contributed by atoms with van der Waals surface area (Å²) < 4.78 is 5.23. The summed E-state index contributed by atoms with van der Waals surface area (Å²) in [6.07, 6.45) is 25.0. The lowest BCUT2D eigenvalue weighted by Gasteiger charge is -2.13. The molecule has 0 saturated heterocycles. The molecular formula is C22H40O2. The second kappa shape index (κ2) is 15.7. The number of esters is 1. The number of hydrogen-bond donors (Lipinski definition) is 0. The van der Waals surface area contributed by atoms with E-state index < -0.39 is 0 Å². The molecule has 0 fully saturated rings. The van der Waals surface area contributed by atoms with Gasteiger partial charge in [0.15, 0.2) is 0 Å². The van der Waals surface area contributed by atoms with Gasteiger partial charge in [0.2, 0.25) is 0 Å². The number of ether oxygens (including phenoxy) is 1. The number of allylic oxidation sites excluding steroid dienone is 2. The molecule has 0 aromatic heterocycles. The molecule has 140 valence electrons. The van der Waals surface area contributed by atoms with Crippen LogP contribution in [0.5, 0.6) is 0 Å². The van der Waals surface area contributed by atoms with Crippen LogP contribution < -0.4 is 0 Å². The van der Waals surface area contributed by atoms with Crippen LogP contribution in [0.2, 0.25) is 0 Å². The fourth-order valence-corrected chi connectivity index (χ4v) is 3.19. The average molecular weight is 337 g/mol. The highest BCUT2D eigenvalue weighted by atomic mass is 16.5. The van der Waals surface area contributed by atoms with Gasteiger partial charge in [0.1, 0.15) is 5.76 Å². The van der Waals surface area contributed by atoms with Crippen molar-refractivity contribution in [1.82, 2.24) is 0 Å². The number of unbranched alkanes of at least 4 members (excludes halogenated alkanes) is 14. The molecule has 0 aromatic carbocycles. The summed E-state index contributed by atoms with van der Waals surface area (Å²) in [7, 11) is 0. The standard InChI is InChI=1S/C22H40O2/c1-2-3-4-5-6-7-8-9-10-11-12-13-14-15-16-20-22(23)24-21-18-17-19-21/h18H,2-17,19-20H2,1H3. The Balaban J connectivity index is 1.69. The van der Waals surface area contributed by atoms with E-state index in [0.717, 1.165) is 25.0 Å². The van der Waals surface area contributed by atoms with E-state index in [4.69, 9.17) is 4.74 Å². The van der Waals surface area contributed by atoms with Crippen molar-refractivity contribution < 1.29 is 9.53 Å². The van der Waals surface area contributed by atoms with E-state index in [-0.39, 0.29) is 5.97 Å². The maximum atomic E-state index is 11.5. The third kappa shape index (κ3) is 12.6. The summed E-state index contributed by atoms with van der Waals surface area (Å²) in [5.41, 5.74) is 0. The van der Waals surface area contributed by atoms with Crippen LogP contribution in [0.3, 0.4) is 0 Å². The van der Waals surface area contributed by atoms with Gasteiger partial charge >= 0.3 is 5.97 Å². The molecule has 0 N–H and O–H groups in total. The van der Waals surface area contributed by atoms with Crippen LogP contribution in [-0.4, -0.2) is 5.97 Å². The molecule has 1 aliphatic rings. The summed E-state index contributed by atoms with van der Waals surface area (Å²) in [5, 5.41) is 0. The zero-order chi connectivity index (χ0) is 17.3. The third-order valence-electron chi connectivity index (χ3n) is 4.99. The zero-order valence-electron chi connectivity index (χ0n) is 16.1. The van der Waals surface area contributed by atoms with Crippen LogP contribution in [0.4, 0.5) is 0 Å². The predicted molar refractivity (Wildman–Crippen MR) is 103 cm³/mol. The molecule has 0 spiro atoms. The Morgan fingerprint density at radius 2 is 1.21 bits per heavy atom. The summed E-state index contributed by atoms with van der Waals surface area (Å²) >= 11 is 0. The molecule has 0 amide bonds. The lowest BCUT2D eigenvalue weighted by Crippen LogP contribution is -2.07. The lowest BCUT2D eigenvalue weighted by atomic mass is 10.0. The van der Waals surface area contributed by atoms with Gasteiger partial charge in [-0.25, -0.2) is 0 Å². The molecule has 0 radical (unpaired) electrons. The molecule has 0 aromatic rings. The van der Waals surface area contributed by atoms with E-state index in [2.05, 4.69) is 6.92 Å². The van der Waals surface area contributed by atoms with Gasteiger partial charge in [-0.15, -0.1) is 0 Å². The molecule has 2 heteroatoms. The minimum Gasteiger partial charge on any atom is -0.431 e. The highest BCUT2D eigenvalue weighted by Crippen LogP contribution is 2.20. The first kappa shape index (κ1) is 21.3. The van der Waals surface area contributed by atoms with Crippen LogP contribution in [0, 0.1) is 0 Å². The van der Waals surface area contributed by atoms with E-state index in [9.17, 15) is 4.79 Å². The average Bonchev–Trinajstić information content (AvgIpc) is 2.54. The van der Waals surface area contributed by atoms with Gasteiger partial charge < -0.3 is 4.74 Å². The second-order valence-electron chi connectivity index (χ2n) is 7.38. The summed E-state index contributed by atoms with van der Waals surface area (Å²) in [6, 6.07) is 0. The summed E-state index contributed by atoms with van der Waals surface area (Å²) in [5.74, 6) is 0.858. The number of rotatable bonds is 17. The summed E-state index contributed by atoms with van der Waals surface area (Å²) in [4.78, 5) is 11.5. The Labute approximate surface area is 150 Å². The Morgan fingerprint density at radius 3 is 1.58 bits per heavy atom. The molecule has 0 unspecified atom stereocenters. The Bertz CT molecular complexity index is 333. The first-order valence-electron chi connectivity index (χ1n) is 10.7. The SMILES string of the molecule is CCCCCCCCCCCCCCCCCC(=O)OC1=CCC1. The van der Waals surface area contributed by atoms with E-state index in [0.29, 0.717) is 6.42 Å². The van der Waals surface area contributed by atoms with Gasteiger partial charge in [-0.1, -0.05) is 96.8 Å². The van der Waals surface area contributed by atoms with E-state index >= 15 is 0 Å². The Hall–Kier alpha value is -0.790. The van der Waals surface area contributed by atoms with Crippen molar-refractivity contribution in [2.45, 2.75) is 122 Å². The smallest absolute Gasteiger partial charge is 0.310 e. The molecule has 0 saturated carbocycles. The van der Waals surface area contributed by atoms with Crippen molar-refractivity contribution in [3.05, 3.63) is 11.8 Å². The molecule has 1 rings (SSSR count). The monoisotopic (exact) mass is 336 g/mol. The molecular weight excluding hydrogens is 296 g/mol. The topological polar surface area (TPSA) is 26.3 Å². The van der Waals surface area contributed by atoms with Crippen molar-refractivity contribution in [2.24, 2.45) is 0 Å². The van der Waals surface area contributed by atoms with Crippen LogP contribution in [-0.2, 0) is 9.53 Å². The normalized spacial score (nSPS) is 13.5. The van der Waals surface area contributed by atoms with Crippen LogP contribution in [0.1, 0.15) is 122 Å². The number of carbonyl (C=O) groups excluding carboxylic acids is 1. The highest BCUT2D eigenvalue weighted by molar-refractivity contribution is 5.70. The number of hydrogen-bond acceptors (Lipinski definition) is 2. The van der Waals surface area contributed by atoms with E-state index in [1.165, 1.54) is 89.9 Å². The van der Waals surface area contributed by atoms with Crippen molar-refractivity contribution in [2.75, 3.05) is 0 Å². The molecule has 2 nitrogen and oxygen atoms in total. The quantitative estimate of drug-likeness (QED) is 0.203. The molecule has 1 aliphatic carbocycles. The van der Waals surface area contributed by atoms with Gasteiger partial charge in [-0.3, -0.25) is 4.79 Å². The van der Waals surface area contributed by atoms with Crippen LogP contribution >= 0.6 is 0 Å². The van der Waals surface area contributed by atoms with E-state index in [1.54, 1.807) is 0 Å². The molecule has 0 aliphatic heterocycles. The lowest BCUT2D eigenvalue weighted by molar-refractivity contribution is -0.140. The van der Waals surface area contributed by atoms with E-state index in [1.807, 2.05) is 6.08 Å². The van der Waals surface area contributed by atoms with Crippen molar-refractivity contribution in [1.29, 1.82) is 0 Å². The molecule has 0 heterocycles. The minimum atomic E-state index is -0.0318. The maximum Gasteiger partial charge on any atom is 0.310 e. The van der Waals surface area contributed by atoms with Gasteiger partial charge in [0.25, 0.3) is 0 Å². The second-order valence-corrected chi connectivity index (χ2v) is 7.38. The highest BCUT2D eigenvalue weighted by Gasteiger charge is 2.11. The Morgan fingerprint density at radius 1 is 0.792 bits per heavy atom. The van der Waals surface area contributed by atoms with Gasteiger partial charge in [0, 0.05) is 12.8 Å². The Kier molecular flexibility index (Phi) is 13.9. The van der Waals surface area contributed by atoms with Gasteiger partial charge in [-0.2, -0.15) is 0 Å². The number of carbonyl (C=O) groups is 1. The molecule has 0 bridgehead atoms. The van der Waals surface area contributed by atoms with Crippen LogP contribution in [0.25, 0.3) is 0 Å². The first-order chi connectivity index (χ1) is 11.8. The fraction of sp³-hybridized carbons (Fsp3) is 0.864. The first-order valence-corrected chi connectivity index (χ1v) is 10.7. The predicted octanol–water partition coefficient (Wildman–Crippen LogP) is 7.47. The van der Waals surface area contributed by atoms with Gasteiger partial charge in [-0.05, 0) is 18.9 Å². The largest absolute Gasteiger partial charge is 0.431 e. The minimum absolute atomic E-state index is 0.0318.